The van der Waals surface area contributed by atoms with Crippen LogP contribution in [0.1, 0.15) is 42.6 Å². The van der Waals surface area contributed by atoms with Crippen molar-refractivity contribution in [3.05, 3.63) is 53.6 Å². The Kier molecular flexibility index (Phi) is 5.93. The van der Waals surface area contributed by atoms with E-state index in [2.05, 4.69) is 10.0 Å². The highest BCUT2D eigenvalue weighted by atomic mass is 32.2. The predicted molar refractivity (Wildman–Crippen MR) is 111 cm³/mol. The van der Waals surface area contributed by atoms with Crippen molar-refractivity contribution in [2.75, 3.05) is 16.6 Å². The third-order valence-electron chi connectivity index (χ3n) is 4.66. The Labute approximate surface area is 166 Å². The van der Waals surface area contributed by atoms with E-state index >= 15 is 0 Å². The fourth-order valence-electron chi connectivity index (χ4n) is 2.53. The number of aryl methyl sites for hydroxylation is 1. The molecule has 2 aromatic rings. The van der Waals surface area contributed by atoms with E-state index in [9.17, 15) is 13.2 Å². The van der Waals surface area contributed by atoms with Gasteiger partial charge in [0.2, 0.25) is 10.0 Å². The summed E-state index contributed by atoms with van der Waals surface area (Å²) in [4.78, 5) is 12.5. The van der Waals surface area contributed by atoms with E-state index in [-0.39, 0.29) is 5.91 Å². The van der Waals surface area contributed by atoms with Gasteiger partial charge in [-0.25, -0.2) is 8.42 Å². The minimum atomic E-state index is -3.41. The molecule has 0 bridgehead atoms. The normalized spacial score (nSPS) is 14.0. The molecule has 0 radical (unpaired) electrons. The summed E-state index contributed by atoms with van der Waals surface area (Å²) in [7, 11) is -3.41. The van der Waals surface area contributed by atoms with E-state index in [1.807, 2.05) is 25.1 Å². The first-order valence-corrected chi connectivity index (χ1v) is 11.0. The molecule has 0 aromatic heterocycles. The van der Waals surface area contributed by atoms with Gasteiger partial charge in [-0.15, -0.1) is 0 Å². The quantitative estimate of drug-likeness (QED) is 0.693. The molecule has 0 saturated heterocycles. The zero-order valence-corrected chi connectivity index (χ0v) is 17.2. The number of hydrogen-bond donors (Lipinski definition) is 2. The van der Waals surface area contributed by atoms with Crippen LogP contribution in [0.2, 0.25) is 0 Å². The standard InChI is InChI=1S/C21H26N2O4S/c1-14(2)28(25,26)23-18-8-6-17(7-9-18)21(24)22-20-11-10-19(12-15(20)3)27-13-16-4-5-16/h6-12,14,16,23H,4-5,13H2,1-3H3,(H,22,24). The Balaban J connectivity index is 1.62. The van der Waals surface area contributed by atoms with Crippen molar-refractivity contribution in [2.45, 2.75) is 38.9 Å². The monoisotopic (exact) mass is 402 g/mol. The molecule has 2 N–H and O–H groups in total. The van der Waals surface area contributed by atoms with E-state index in [1.165, 1.54) is 12.8 Å². The molecule has 28 heavy (non-hydrogen) atoms. The van der Waals surface area contributed by atoms with Crippen LogP contribution in [0.3, 0.4) is 0 Å². The molecule has 1 aliphatic rings. The van der Waals surface area contributed by atoms with Gasteiger partial charge in [0, 0.05) is 16.9 Å². The van der Waals surface area contributed by atoms with Gasteiger partial charge in [-0.2, -0.15) is 0 Å². The SMILES string of the molecule is Cc1cc(OCC2CC2)ccc1NC(=O)c1ccc(NS(=O)(=O)C(C)C)cc1. The highest BCUT2D eigenvalue weighted by Gasteiger charge is 2.22. The zero-order valence-electron chi connectivity index (χ0n) is 16.4. The lowest BCUT2D eigenvalue weighted by Gasteiger charge is -2.12. The van der Waals surface area contributed by atoms with E-state index in [4.69, 9.17) is 4.74 Å². The minimum absolute atomic E-state index is 0.256. The summed E-state index contributed by atoms with van der Waals surface area (Å²) in [5, 5.41) is 2.35. The lowest BCUT2D eigenvalue weighted by atomic mass is 10.1. The molecule has 2 aromatic carbocycles. The Morgan fingerprint density at radius 1 is 1.14 bits per heavy atom. The fraction of sp³-hybridized carbons (Fsp3) is 0.381. The molecule has 0 aliphatic heterocycles. The Morgan fingerprint density at radius 2 is 1.82 bits per heavy atom. The first-order chi connectivity index (χ1) is 13.2. The van der Waals surface area contributed by atoms with E-state index in [0.29, 0.717) is 22.9 Å². The van der Waals surface area contributed by atoms with Gasteiger partial charge < -0.3 is 10.1 Å². The summed E-state index contributed by atoms with van der Waals surface area (Å²) >= 11 is 0. The van der Waals surface area contributed by atoms with Gasteiger partial charge >= 0.3 is 0 Å². The fourth-order valence-corrected chi connectivity index (χ4v) is 3.23. The summed E-state index contributed by atoms with van der Waals surface area (Å²) in [6.45, 7) is 5.88. The molecule has 1 saturated carbocycles. The predicted octanol–water partition coefficient (Wildman–Crippen LogP) is 4.19. The molecule has 3 rings (SSSR count). The Morgan fingerprint density at radius 3 is 2.39 bits per heavy atom. The number of amides is 1. The summed E-state index contributed by atoms with van der Waals surface area (Å²) in [6, 6.07) is 12.0. The zero-order chi connectivity index (χ0) is 20.3. The second-order valence-electron chi connectivity index (χ2n) is 7.46. The number of benzene rings is 2. The van der Waals surface area contributed by atoms with Gasteiger partial charge in [0.15, 0.2) is 0 Å². The molecule has 0 heterocycles. The van der Waals surface area contributed by atoms with Crippen molar-refractivity contribution in [3.8, 4) is 5.75 Å². The van der Waals surface area contributed by atoms with Crippen LogP contribution in [0, 0.1) is 12.8 Å². The number of anilines is 2. The smallest absolute Gasteiger partial charge is 0.255 e. The first kappa shape index (κ1) is 20.2. The summed E-state index contributed by atoms with van der Waals surface area (Å²) in [5.41, 5.74) is 2.51. The maximum Gasteiger partial charge on any atom is 0.255 e. The second kappa shape index (κ2) is 8.22. The molecule has 1 fully saturated rings. The van der Waals surface area contributed by atoms with Gasteiger partial charge in [0.25, 0.3) is 5.91 Å². The summed E-state index contributed by atoms with van der Waals surface area (Å²) in [5.74, 6) is 1.24. The Bertz CT molecular complexity index is 949. The molecule has 150 valence electrons. The Hall–Kier alpha value is -2.54. The lowest BCUT2D eigenvalue weighted by molar-refractivity contribution is 0.102. The third-order valence-corrected chi connectivity index (χ3v) is 6.42. The van der Waals surface area contributed by atoms with Crippen LogP contribution in [0.4, 0.5) is 11.4 Å². The number of sulfonamides is 1. The van der Waals surface area contributed by atoms with Crippen LogP contribution >= 0.6 is 0 Å². The average Bonchev–Trinajstić information content (AvgIpc) is 3.46. The maximum absolute atomic E-state index is 12.5. The van der Waals surface area contributed by atoms with Crippen LogP contribution in [0.5, 0.6) is 5.75 Å². The largest absolute Gasteiger partial charge is 0.493 e. The van der Waals surface area contributed by atoms with E-state index in [1.54, 1.807) is 38.1 Å². The van der Waals surface area contributed by atoms with Gasteiger partial charge in [0.05, 0.1) is 11.9 Å². The summed E-state index contributed by atoms with van der Waals surface area (Å²) in [6.07, 6.45) is 2.48. The minimum Gasteiger partial charge on any atom is -0.493 e. The molecule has 1 amide bonds. The van der Waals surface area contributed by atoms with Crippen molar-refractivity contribution in [1.29, 1.82) is 0 Å². The van der Waals surface area contributed by atoms with Crippen molar-refractivity contribution >= 4 is 27.3 Å². The van der Waals surface area contributed by atoms with Crippen LogP contribution in [-0.2, 0) is 10.0 Å². The van der Waals surface area contributed by atoms with Crippen molar-refractivity contribution < 1.29 is 17.9 Å². The first-order valence-electron chi connectivity index (χ1n) is 9.41. The molecule has 7 heteroatoms. The summed E-state index contributed by atoms with van der Waals surface area (Å²) < 4.78 is 32.1. The highest BCUT2D eigenvalue weighted by Crippen LogP contribution is 2.30. The van der Waals surface area contributed by atoms with Crippen LogP contribution < -0.4 is 14.8 Å². The van der Waals surface area contributed by atoms with Crippen LogP contribution in [0.25, 0.3) is 0 Å². The second-order valence-corrected chi connectivity index (χ2v) is 9.70. The molecule has 0 spiro atoms. The van der Waals surface area contributed by atoms with Crippen molar-refractivity contribution in [2.24, 2.45) is 5.92 Å². The van der Waals surface area contributed by atoms with Gasteiger partial charge in [0.1, 0.15) is 5.75 Å². The van der Waals surface area contributed by atoms with Gasteiger partial charge in [-0.1, -0.05) is 0 Å². The number of carbonyl (C=O) groups is 1. The molecular formula is C21H26N2O4S. The van der Waals surface area contributed by atoms with Gasteiger partial charge in [-0.3, -0.25) is 9.52 Å². The van der Waals surface area contributed by atoms with Crippen LogP contribution in [0.15, 0.2) is 42.5 Å². The number of hydrogen-bond acceptors (Lipinski definition) is 4. The topological polar surface area (TPSA) is 84.5 Å². The van der Waals surface area contributed by atoms with Crippen LogP contribution in [-0.4, -0.2) is 26.2 Å². The maximum atomic E-state index is 12.5. The number of rotatable bonds is 8. The third kappa shape index (κ3) is 5.25. The average molecular weight is 403 g/mol. The van der Waals surface area contributed by atoms with E-state index in [0.717, 1.165) is 17.9 Å². The number of ether oxygens (including phenoxy) is 1. The van der Waals surface area contributed by atoms with Crippen molar-refractivity contribution in [3.63, 3.8) is 0 Å². The molecule has 0 unspecified atom stereocenters. The number of carbonyl (C=O) groups excluding carboxylic acids is 1. The van der Waals surface area contributed by atoms with E-state index < -0.39 is 15.3 Å². The highest BCUT2D eigenvalue weighted by molar-refractivity contribution is 7.93. The molecular weight excluding hydrogens is 376 g/mol. The van der Waals surface area contributed by atoms with Crippen molar-refractivity contribution in [1.82, 2.24) is 0 Å². The molecule has 0 atom stereocenters. The lowest BCUT2D eigenvalue weighted by Crippen LogP contribution is -2.22. The molecule has 6 nitrogen and oxygen atoms in total. The molecule has 1 aliphatic carbocycles. The number of nitrogens with one attached hydrogen (secondary N) is 2. The van der Waals surface area contributed by atoms with Gasteiger partial charge in [-0.05, 0) is 87.6 Å².